The lowest BCUT2D eigenvalue weighted by Gasteiger charge is -2.07. The quantitative estimate of drug-likeness (QED) is 0.757. The van der Waals surface area contributed by atoms with Gasteiger partial charge in [-0.2, -0.15) is 5.10 Å². The number of carbonyl (C=O) groups is 2. The molecule has 6 nitrogen and oxygen atoms in total. The normalized spacial score (nSPS) is 10.3. The summed E-state index contributed by atoms with van der Waals surface area (Å²) in [5, 5.41) is 15.4. The molecule has 2 N–H and O–H groups in total. The van der Waals surface area contributed by atoms with Crippen molar-refractivity contribution in [2.45, 2.75) is 6.54 Å². The van der Waals surface area contributed by atoms with Crippen LogP contribution in [0, 0.1) is 0 Å². The second-order valence-corrected chi connectivity index (χ2v) is 5.22. The lowest BCUT2D eigenvalue weighted by atomic mass is 10.1. The molecule has 24 heavy (non-hydrogen) atoms. The van der Waals surface area contributed by atoms with Crippen LogP contribution in [0.3, 0.4) is 0 Å². The van der Waals surface area contributed by atoms with E-state index in [2.05, 4.69) is 10.4 Å². The zero-order valence-corrected chi connectivity index (χ0v) is 12.7. The predicted octanol–water partition coefficient (Wildman–Crippen LogP) is 2.89. The molecule has 2 aromatic carbocycles. The van der Waals surface area contributed by atoms with Crippen molar-refractivity contribution < 1.29 is 14.7 Å². The van der Waals surface area contributed by atoms with E-state index in [0.29, 0.717) is 5.69 Å². The van der Waals surface area contributed by atoms with Gasteiger partial charge in [-0.05, 0) is 23.3 Å². The van der Waals surface area contributed by atoms with Gasteiger partial charge < -0.3 is 10.4 Å². The third-order valence-corrected chi connectivity index (χ3v) is 3.46. The number of carboxylic acid groups (broad SMARTS) is 1. The smallest absolute Gasteiger partial charge is 0.338 e. The Labute approximate surface area is 138 Å². The molecule has 0 aliphatic carbocycles. The van der Waals surface area contributed by atoms with Crippen LogP contribution >= 0.6 is 0 Å². The molecule has 0 fully saturated rings. The number of aromatic carboxylic acids is 1. The number of amides is 1. The maximum absolute atomic E-state index is 12.0. The van der Waals surface area contributed by atoms with Crippen LogP contribution in [0.25, 0.3) is 11.1 Å². The average Bonchev–Trinajstić information content (AvgIpc) is 3.05. The van der Waals surface area contributed by atoms with Crippen molar-refractivity contribution in [2.75, 3.05) is 5.32 Å². The average molecular weight is 321 g/mol. The molecule has 0 saturated carbocycles. The Balaban J connectivity index is 1.63. The van der Waals surface area contributed by atoms with E-state index in [1.54, 1.807) is 0 Å². The first-order valence-electron chi connectivity index (χ1n) is 7.33. The van der Waals surface area contributed by atoms with Crippen LogP contribution in [-0.4, -0.2) is 26.8 Å². The van der Waals surface area contributed by atoms with Crippen LogP contribution in [0.2, 0.25) is 0 Å². The summed E-state index contributed by atoms with van der Waals surface area (Å²) in [5.74, 6) is -1.35. The SMILES string of the molecule is O=C(Cn1cc(C(=O)O)cn1)Nc1ccc(-c2ccccc2)cc1. The minimum atomic E-state index is -1.07. The van der Waals surface area contributed by atoms with Gasteiger partial charge in [0.1, 0.15) is 6.54 Å². The van der Waals surface area contributed by atoms with E-state index in [9.17, 15) is 9.59 Å². The van der Waals surface area contributed by atoms with Crippen LogP contribution in [0.15, 0.2) is 67.0 Å². The maximum Gasteiger partial charge on any atom is 0.338 e. The Morgan fingerprint density at radius 1 is 1.00 bits per heavy atom. The van der Waals surface area contributed by atoms with Crippen LogP contribution < -0.4 is 5.32 Å². The molecule has 0 spiro atoms. The largest absolute Gasteiger partial charge is 0.478 e. The first-order valence-corrected chi connectivity index (χ1v) is 7.33. The molecule has 0 aliphatic rings. The highest BCUT2D eigenvalue weighted by Crippen LogP contribution is 2.20. The van der Waals surface area contributed by atoms with E-state index in [0.717, 1.165) is 11.1 Å². The van der Waals surface area contributed by atoms with Crippen LogP contribution in [0.4, 0.5) is 5.69 Å². The number of hydrogen-bond acceptors (Lipinski definition) is 3. The molecule has 0 unspecified atom stereocenters. The van der Waals surface area contributed by atoms with Crippen LogP contribution in [0.5, 0.6) is 0 Å². The molecule has 0 saturated heterocycles. The van der Waals surface area contributed by atoms with Gasteiger partial charge in [-0.25, -0.2) is 4.79 Å². The van der Waals surface area contributed by atoms with Gasteiger partial charge in [0.15, 0.2) is 0 Å². The Morgan fingerprint density at radius 2 is 1.67 bits per heavy atom. The number of carbonyl (C=O) groups excluding carboxylic acids is 1. The second kappa shape index (κ2) is 6.78. The standard InChI is InChI=1S/C18H15N3O3/c22-17(12-21-11-15(10-19-21)18(23)24)20-16-8-6-14(7-9-16)13-4-2-1-3-5-13/h1-11H,12H2,(H,20,22)(H,23,24). The number of aromatic nitrogens is 2. The summed E-state index contributed by atoms with van der Waals surface area (Å²) in [6, 6.07) is 17.5. The minimum Gasteiger partial charge on any atom is -0.478 e. The molecule has 1 aromatic heterocycles. The topological polar surface area (TPSA) is 84.2 Å². The molecule has 120 valence electrons. The predicted molar refractivity (Wildman–Crippen MR) is 89.7 cm³/mol. The van der Waals surface area contributed by atoms with Crippen molar-refractivity contribution in [1.29, 1.82) is 0 Å². The van der Waals surface area contributed by atoms with Crippen molar-refractivity contribution in [3.05, 3.63) is 72.6 Å². The summed E-state index contributed by atoms with van der Waals surface area (Å²) in [5.41, 5.74) is 2.89. The lowest BCUT2D eigenvalue weighted by Crippen LogP contribution is -2.19. The molecular formula is C18H15N3O3. The first-order chi connectivity index (χ1) is 11.6. The van der Waals surface area contributed by atoms with Crippen molar-refractivity contribution in [1.82, 2.24) is 9.78 Å². The summed E-state index contributed by atoms with van der Waals surface area (Å²) >= 11 is 0. The fourth-order valence-corrected chi connectivity index (χ4v) is 2.28. The third kappa shape index (κ3) is 3.67. The Hall–Kier alpha value is -3.41. The molecule has 6 heteroatoms. The lowest BCUT2D eigenvalue weighted by molar-refractivity contribution is -0.116. The maximum atomic E-state index is 12.0. The molecule has 3 aromatic rings. The Kier molecular flexibility index (Phi) is 4.38. The molecular weight excluding hydrogens is 306 g/mol. The zero-order valence-electron chi connectivity index (χ0n) is 12.7. The third-order valence-electron chi connectivity index (χ3n) is 3.46. The fourth-order valence-electron chi connectivity index (χ4n) is 2.28. The second-order valence-electron chi connectivity index (χ2n) is 5.22. The molecule has 1 heterocycles. The highest BCUT2D eigenvalue weighted by atomic mass is 16.4. The highest BCUT2D eigenvalue weighted by molar-refractivity contribution is 5.91. The molecule has 0 atom stereocenters. The van der Waals surface area contributed by atoms with Crippen molar-refractivity contribution in [3.63, 3.8) is 0 Å². The summed E-state index contributed by atoms with van der Waals surface area (Å²) < 4.78 is 1.29. The monoisotopic (exact) mass is 321 g/mol. The van der Waals surface area contributed by atoms with E-state index in [1.165, 1.54) is 17.1 Å². The van der Waals surface area contributed by atoms with Gasteiger partial charge in [0.25, 0.3) is 0 Å². The molecule has 3 rings (SSSR count). The van der Waals surface area contributed by atoms with E-state index in [1.807, 2.05) is 54.6 Å². The molecule has 1 amide bonds. The summed E-state index contributed by atoms with van der Waals surface area (Å²) in [4.78, 5) is 22.8. The van der Waals surface area contributed by atoms with Crippen molar-refractivity contribution in [3.8, 4) is 11.1 Å². The molecule has 0 radical (unpaired) electrons. The van der Waals surface area contributed by atoms with Gasteiger partial charge >= 0.3 is 5.97 Å². The first kappa shape index (κ1) is 15.5. The Bertz CT molecular complexity index is 855. The van der Waals surface area contributed by atoms with Gasteiger partial charge in [-0.3, -0.25) is 9.48 Å². The summed E-state index contributed by atoms with van der Waals surface area (Å²) in [6.07, 6.45) is 2.53. The van der Waals surface area contributed by atoms with Gasteiger partial charge in [0, 0.05) is 11.9 Å². The van der Waals surface area contributed by atoms with E-state index in [-0.39, 0.29) is 18.0 Å². The fraction of sp³-hybridized carbons (Fsp3) is 0.0556. The molecule has 0 aliphatic heterocycles. The van der Waals surface area contributed by atoms with E-state index in [4.69, 9.17) is 5.11 Å². The summed E-state index contributed by atoms with van der Waals surface area (Å²) in [7, 11) is 0. The van der Waals surface area contributed by atoms with Gasteiger partial charge in [0.2, 0.25) is 5.91 Å². The zero-order chi connectivity index (χ0) is 16.9. The Morgan fingerprint density at radius 3 is 2.29 bits per heavy atom. The number of nitrogens with one attached hydrogen (secondary N) is 1. The van der Waals surface area contributed by atoms with Crippen LogP contribution in [0.1, 0.15) is 10.4 Å². The van der Waals surface area contributed by atoms with E-state index < -0.39 is 5.97 Å². The number of rotatable bonds is 5. The number of anilines is 1. The van der Waals surface area contributed by atoms with Crippen molar-refractivity contribution >= 4 is 17.6 Å². The van der Waals surface area contributed by atoms with Gasteiger partial charge in [0.05, 0.1) is 11.8 Å². The van der Waals surface area contributed by atoms with Gasteiger partial charge in [-0.15, -0.1) is 0 Å². The number of hydrogen-bond donors (Lipinski definition) is 2. The minimum absolute atomic E-state index is 0.0479. The van der Waals surface area contributed by atoms with Crippen molar-refractivity contribution in [2.24, 2.45) is 0 Å². The van der Waals surface area contributed by atoms with Crippen LogP contribution in [-0.2, 0) is 11.3 Å². The van der Waals surface area contributed by atoms with Gasteiger partial charge in [-0.1, -0.05) is 42.5 Å². The number of carboxylic acids is 1. The highest BCUT2D eigenvalue weighted by Gasteiger charge is 2.09. The number of nitrogens with zero attached hydrogens (tertiary/aromatic N) is 2. The summed E-state index contributed by atoms with van der Waals surface area (Å²) in [6.45, 7) is -0.0479. The number of benzene rings is 2. The van der Waals surface area contributed by atoms with E-state index >= 15 is 0 Å². The molecule has 0 bridgehead atoms.